The summed E-state index contributed by atoms with van der Waals surface area (Å²) in [5.74, 6) is -0.255. The number of hydrogen-bond acceptors (Lipinski definition) is 4. The second-order valence-electron chi connectivity index (χ2n) is 6.27. The van der Waals surface area contributed by atoms with Gasteiger partial charge in [0.2, 0.25) is 0 Å². The fraction of sp³-hybridized carbons (Fsp3) is 0.400. The summed E-state index contributed by atoms with van der Waals surface area (Å²) >= 11 is 0. The fourth-order valence-corrected chi connectivity index (χ4v) is 3.03. The lowest BCUT2D eigenvalue weighted by Gasteiger charge is -2.34. The van der Waals surface area contributed by atoms with Crippen molar-refractivity contribution in [3.8, 4) is 0 Å². The predicted octanol–water partition coefficient (Wildman–Crippen LogP) is 2.21. The molecule has 6 heteroatoms. The first-order chi connectivity index (χ1) is 12.6. The van der Waals surface area contributed by atoms with Crippen LogP contribution in [0.3, 0.4) is 0 Å². The van der Waals surface area contributed by atoms with E-state index in [1.807, 2.05) is 0 Å². The van der Waals surface area contributed by atoms with E-state index in [-0.39, 0.29) is 11.8 Å². The van der Waals surface area contributed by atoms with Crippen molar-refractivity contribution in [2.45, 2.75) is 18.4 Å². The number of rotatable bonds is 8. The van der Waals surface area contributed by atoms with Crippen molar-refractivity contribution in [1.29, 1.82) is 0 Å². The molecule has 0 radical (unpaired) electrons. The molecule has 140 valence electrons. The third-order valence-electron chi connectivity index (χ3n) is 4.59. The third kappa shape index (κ3) is 4.59. The average molecular weight is 357 g/mol. The normalized spacial score (nSPS) is 15.7. The van der Waals surface area contributed by atoms with Gasteiger partial charge in [-0.05, 0) is 50.2 Å². The van der Waals surface area contributed by atoms with Gasteiger partial charge in [0, 0.05) is 31.5 Å². The van der Waals surface area contributed by atoms with Gasteiger partial charge in [0.1, 0.15) is 5.60 Å². The number of piperidine rings is 1. The molecule has 6 nitrogen and oxygen atoms in total. The lowest BCUT2D eigenvalue weighted by atomic mass is 9.91. The molecule has 0 aliphatic carbocycles. The van der Waals surface area contributed by atoms with Gasteiger partial charge in [0.15, 0.2) is 0 Å². The monoisotopic (exact) mass is 357 g/mol. The van der Waals surface area contributed by atoms with Crippen LogP contribution in [0.15, 0.2) is 49.6 Å². The Bertz CT molecular complexity index is 639. The average Bonchev–Trinajstić information content (AvgIpc) is 2.68. The molecule has 2 N–H and O–H groups in total. The number of benzene rings is 1. The summed E-state index contributed by atoms with van der Waals surface area (Å²) in [6.45, 7) is 9.74. The fourth-order valence-electron chi connectivity index (χ4n) is 3.03. The second-order valence-corrected chi connectivity index (χ2v) is 6.27. The summed E-state index contributed by atoms with van der Waals surface area (Å²) in [6.07, 6.45) is 4.62. The van der Waals surface area contributed by atoms with Crippen molar-refractivity contribution >= 4 is 17.5 Å². The molecule has 0 atom stereocenters. The molecule has 1 saturated heterocycles. The minimum atomic E-state index is -0.801. The van der Waals surface area contributed by atoms with Gasteiger partial charge in [0.05, 0.1) is 0 Å². The minimum absolute atomic E-state index is 0.102. The molecule has 2 rings (SSSR count). The van der Waals surface area contributed by atoms with Crippen molar-refractivity contribution in [3.63, 3.8) is 0 Å². The first-order valence-corrected chi connectivity index (χ1v) is 8.75. The Morgan fingerprint density at radius 2 is 1.77 bits per heavy atom. The van der Waals surface area contributed by atoms with Crippen molar-refractivity contribution in [2.24, 2.45) is 0 Å². The molecular weight excluding hydrogens is 330 g/mol. The summed E-state index contributed by atoms with van der Waals surface area (Å²) < 4.78 is 5.53. The highest BCUT2D eigenvalue weighted by atomic mass is 16.5. The highest BCUT2D eigenvalue weighted by Gasteiger charge is 2.39. The number of ether oxygens (including phenoxy) is 1. The molecule has 1 aromatic carbocycles. The van der Waals surface area contributed by atoms with Gasteiger partial charge in [-0.2, -0.15) is 0 Å². The molecule has 0 saturated carbocycles. The van der Waals surface area contributed by atoms with E-state index in [1.165, 1.54) is 0 Å². The van der Waals surface area contributed by atoms with Crippen LogP contribution in [0.5, 0.6) is 0 Å². The molecule has 1 heterocycles. The highest BCUT2D eigenvalue weighted by Crippen LogP contribution is 2.24. The molecule has 0 bridgehead atoms. The van der Waals surface area contributed by atoms with Crippen molar-refractivity contribution < 1.29 is 14.3 Å². The smallest absolute Gasteiger partial charge is 0.256 e. The van der Waals surface area contributed by atoms with E-state index >= 15 is 0 Å². The Morgan fingerprint density at radius 3 is 2.27 bits per heavy atom. The molecule has 2 amide bonds. The lowest BCUT2D eigenvalue weighted by molar-refractivity contribution is -0.140. The number of anilines is 1. The number of hydrogen-bond donors (Lipinski definition) is 2. The maximum absolute atomic E-state index is 12.7. The van der Waals surface area contributed by atoms with Crippen LogP contribution in [0, 0.1) is 0 Å². The van der Waals surface area contributed by atoms with Crippen molar-refractivity contribution in [2.75, 3.05) is 38.6 Å². The summed E-state index contributed by atoms with van der Waals surface area (Å²) in [7, 11) is 1.57. The van der Waals surface area contributed by atoms with Gasteiger partial charge in [-0.15, -0.1) is 13.2 Å². The van der Waals surface area contributed by atoms with E-state index in [2.05, 4.69) is 23.8 Å². The van der Waals surface area contributed by atoms with Crippen molar-refractivity contribution in [3.05, 3.63) is 55.1 Å². The molecule has 1 fully saturated rings. The van der Waals surface area contributed by atoms with Gasteiger partial charge >= 0.3 is 0 Å². The largest absolute Gasteiger partial charge is 0.368 e. The number of nitrogens with zero attached hydrogens (tertiary/aromatic N) is 1. The predicted molar refractivity (Wildman–Crippen MR) is 103 cm³/mol. The Labute approximate surface area is 154 Å². The minimum Gasteiger partial charge on any atom is -0.368 e. The van der Waals surface area contributed by atoms with Crippen LogP contribution in [0.1, 0.15) is 23.2 Å². The number of carbonyl (C=O) groups excluding carboxylic acids is 2. The van der Waals surface area contributed by atoms with Crippen LogP contribution in [0.4, 0.5) is 5.69 Å². The molecule has 0 unspecified atom stereocenters. The molecule has 0 spiro atoms. The van der Waals surface area contributed by atoms with E-state index in [4.69, 9.17) is 4.74 Å². The molecule has 26 heavy (non-hydrogen) atoms. The van der Waals surface area contributed by atoms with Crippen LogP contribution in [-0.2, 0) is 9.53 Å². The topological polar surface area (TPSA) is 70.7 Å². The summed E-state index contributed by atoms with van der Waals surface area (Å²) in [5.41, 5.74) is 0.389. The standard InChI is InChI=1S/C20H27N3O3/c1-4-14-23(15-5-2)18(24)16-6-8-17(9-7-16)22-19(25)20(26-3)10-12-21-13-11-20/h4-9,21H,1-2,10-15H2,3H3,(H,22,25). The lowest BCUT2D eigenvalue weighted by Crippen LogP contribution is -2.51. The summed E-state index contributed by atoms with van der Waals surface area (Å²) in [5, 5.41) is 6.13. The Balaban J connectivity index is 2.06. The van der Waals surface area contributed by atoms with Crippen LogP contribution >= 0.6 is 0 Å². The van der Waals surface area contributed by atoms with Crippen molar-refractivity contribution in [1.82, 2.24) is 10.2 Å². The zero-order valence-corrected chi connectivity index (χ0v) is 15.3. The second kappa shape index (κ2) is 9.31. The first-order valence-electron chi connectivity index (χ1n) is 8.75. The molecule has 1 aliphatic rings. The van der Waals surface area contributed by atoms with Gasteiger partial charge in [-0.3, -0.25) is 9.59 Å². The van der Waals surface area contributed by atoms with Gasteiger partial charge in [0.25, 0.3) is 11.8 Å². The molecular formula is C20H27N3O3. The van der Waals surface area contributed by atoms with Crippen LogP contribution in [0.25, 0.3) is 0 Å². The Hall–Kier alpha value is -2.44. The van der Waals surface area contributed by atoms with Crippen LogP contribution in [-0.4, -0.2) is 55.6 Å². The highest BCUT2D eigenvalue weighted by molar-refractivity contribution is 5.98. The zero-order valence-electron chi connectivity index (χ0n) is 15.3. The van der Waals surface area contributed by atoms with Gasteiger partial charge in [-0.1, -0.05) is 12.2 Å². The van der Waals surface area contributed by atoms with E-state index in [9.17, 15) is 9.59 Å². The SMILES string of the molecule is C=CCN(CC=C)C(=O)c1ccc(NC(=O)C2(OC)CCNCC2)cc1. The number of nitrogens with one attached hydrogen (secondary N) is 2. The van der Waals surface area contributed by atoms with Gasteiger partial charge < -0.3 is 20.3 Å². The van der Waals surface area contributed by atoms with Crippen LogP contribution < -0.4 is 10.6 Å². The third-order valence-corrected chi connectivity index (χ3v) is 4.59. The number of methoxy groups -OCH3 is 1. The zero-order chi connectivity index (χ0) is 19.0. The maximum Gasteiger partial charge on any atom is 0.256 e. The maximum atomic E-state index is 12.7. The first kappa shape index (κ1) is 19.9. The summed E-state index contributed by atoms with van der Waals surface area (Å²) in [6, 6.07) is 6.88. The Kier molecular flexibility index (Phi) is 7.12. The van der Waals surface area contributed by atoms with E-state index < -0.39 is 5.60 Å². The molecule has 0 aromatic heterocycles. The summed E-state index contributed by atoms with van der Waals surface area (Å²) in [4.78, 5) is 26.8. The molecule has 1 aliphatic heterocycles. The van der Waals surface area contributed by atoms with E-state index in [0.29, 0.717) is 37.2 Å². The van der Waals surface area contributed by atoms with Crippen LogP contribution in [0.2, 0.25) is 0 Å². The van der Waals surface area contributed by atoms with E-state index in [0.717, 1.165) is 13.1 Å². The van der Waals surface area contributed by atoms with Gasteiger partial charge in [-0.25, -0.2) is 0 Å². The quantitative estimate of drug-likeness (QED) is 0.700. The van der Waals surface area contributed by atoms with E-state index in [1.54, 1.807) is 48.4 Å². The molecule has 1 aromatic rings. The Morgan fingerprint density at radius 1 is 1.19 bits per heavy atom. The number of amides is 2. The number of carbonyl (C=O) groups is 2.